The first-order valence-corrected chi connectivity index (χ1v) is 61.7. The summed E-state index contributed by atoms with van der Waals surface area (Å²) in [6, 6.07) is 55.6. The summed E-state index contributed by atoms with van der Waals surface area (Å²) >= 11 is 0. The van der Waals surface area contributed by atoms with Gasteiger partial charge in [0.15, 0.2) is 0 Å². The number of rotatable bonds is 13. The Hall–Kier alpha value is 3.60. The van der Waals surface area contributed by atoms with Crippen LogP contribution in [-0.2, 0) is 10.8 Å². The van der Waals surface area contributed by atoms with Crippen LogP contribution in [0.3, 0.4) is 0 Å². The normalized spacial score (nSPS) is 14.5. The summed E-state index contributed by atoms with van der Waals surface area (Å²) in [4.78, 5) is 2.53. The van der Waals surface area contributed by atoms with Gasteiger partial charge in [-0.25, -0.2) is 0 Å². The van der Waals surface area contributed by atoms with Crippen LogP contribution in [-0.4, -0.2) is 0 Å². The molecule has 0 radical (unpaired) electrons. The zero-order chi connectivity index (χ0) is 51.6. The quantitative estimate of drug-likeness (QED) is 0.107. The van der Waals surface area contributed by atoms with Crippen molar-refractivity contribution in [3.05, 3.63) is 174 Å². The van der Waals surface area contributed by atoms with E-state index in [1.807, 2.05) is 12.1 Å². The Morgan fingerprint density at radius 3 is 1.25 bits per heavy atom. The molecule has 0 fully saturated rings. The molecule has 0 saturated carbocycles. The lowest BCUT2D eigenvalue weighted by atomic mass is 9.82. The molecule has 374 valence electrons. The van der Waals surface area contributed by atoms with Gasteiger partial charge in [-0.3, -0.25) is 0 Å². The molecule has 0 aliphatic heterocycles. The number of furan rings is 1. The van der Waals surface area contributed by atoms with Crippen LogP contribution in [0.5, 0.6) is 0 Å². The van der Waals surface area contributed by atoms with Crippen LogP contribution >= 0.6 is 177 Å². The van der Waals surface area contributed by atoms with Crippen molar-refractivity contribution in [2.45, 2.75) is 38.5 Å². The second-order valence-electron chi connectivity index (χ2n) is 18.3. The van der Waals surface area contributed by atoms with Crippen molar-refractivity contribution in [1.82, 2.24) is 0 Å². The van der Waals surface area contributed by atoms with Gasteiger partial charge in [-0.2, -0.15) is 0 Å². The van der Waals surface area contributed by atoms with Crippen LogP contribution in [0.4, 0.5) is 17.1 Å². The summed E-state index contributed by atoms with van der Waals surface area (Å²) in [7, 11) is 38.2. The van der Waals surface area contributed by atoms with E-state index in [2.05, 4.69) is 279 Å². The molecule has 2 aliphatic rings. The van der Waals surface area contributed by atoms with E-state index in [9.17, 15) is 0 Å². The second-order valence-corrected chi connectivity index (χ2v) is 105. The molecule has 0 N–H and O–H groups in total. The SMILES string of the molecule is CC1(C)c2ccccc2-c2c(N(c3cccc(-c4ccc5c(c4)oc4ccccc45)c3)c3cccc4c3-c3ccccc3C4(C)C)cccc21.PP(P)P(P(P)P)P(P(P(P)P)P(P)P)P(P(P)P)P(P)P. The Morgan fingerprint density at radius 1 is 0.361 bits per heavy atom. The highest BCUT2D eigenvalue weighted by molar-refractivity contribution is 9.38. The highest BCUT2D eigenvalue weighted by Crippen LogP contribution is 3.32. The van der Waals surface area contributed by atoms with E-state index in [1.165, 1.54) is 55.9 Å². The molecule has 1 aromatic heterocycles. The smallest absolute Gasteiger partial charge is 0.136 e. The van der Waals surface area contributed by atoms with Crippen molar-refractivity contribution >= 4 is 216 Å². The third-order valence-electron chi connectivity index (χ3n) is 13.2. The Labute approximate surface area is 467 Å². The van der Waals surface area contributed by atoms with Crippen molar-refractivity contribution in [1.29, 1.82) is 0 Å². The van der Waals surface area contributed by atoms with E-state index in [0.717, 1.165) is 38.8 Å². The van der Waals surface area contributed by atoms with Crippen LogP contribution in [0.2, 0.25) is 0 Å². The lowest BCUT2D eigenvalue weighted by Crippen LogP contribution is -2.17. The number of hydrogen-bond acceptors (Lipinski definition) is 2. The highest BCUT2D eigenvalue weighted by Gasteiger charge is 2.45. The zero-order valence-corrected chi connectivity index (χ0v) is 63.0. The first kappa shape index (κ1) is 60.2. The summed E-state index contributed by atoms with van der Waals surface area (Å²) in [5.41, 5.74) is 18.1. The average molecular weight is 1350 g/mol. The summed E-state index contributed by atoms with van der Waals surface area (Å²) in [6.45, 7) is 9.95. The number of anilines is 3. The molecular weight excluding hydrogens is 1290 g/mol. The maximum Gasteiger partial charge on any atom is 0.136 e. The Morgan fingerprint density at radius 2 is 0.764 bits per heavy atom. The van der Waals surface area contributed by atoms with Crippen LogP contribution in [0, 0.1) is 0 Å². The summed E-state index contributed by atoms with van der Waals surface area (Å²) in [5, 5.41) is 2.29. The number of benzene rings is 7. The van der Waals surface area contributed by atoms with E-state index >= 15 is 0 Å². The van der Waals surface area contributed by atoms with Gasteiger partial charge in [-0.05, 0) is 157 Å². The standard InChI is InChI=1S/C48H37NO.H24P22/c1-47(2)37-19-8-5-17-35(37)45-39(47)21-12-23-41(45)49(42-24-13-22-40-46(42)36-18-6-9-20-38(36)48(40,3)4)32-15-11-14-30(28-32)31-26-27-34-33-16-7-10-25-43(33)50-44(34)29-31;1-13(2)19(14(3)4)22(20(15(5)6)16(7)8)21(17(9)10)18(11)12/h5-29H,1-4H3;1-12H2. The van der Waals surface area contributed by atoms with Crippen molar-refractivity contribution < 1.29 is 4.42 Å². The summed E-state index contributed by atoms with van der Waals surface area (Å²) in [6.07, 6.45) is 0. The second kappa shape index (κ2) is 25.6. The first-order chi connectivity index (χ1) is 34.2. The minimum absolute atomic E-state index is 0.00720. The molecule has 0 spiro atoms. The van der Waals surface area contributed by atoms with Crippen LogP contribution in [0.1, 0.15) is 49.9 Å². The van der Waals surface area contributed by atoms with E-state index in [1.54, 1.807) is 0 Å². The zero-order valence-electron chi connectivity index (χ0n) is 40.2. The molecule has 10 rings (SSSR count). The van der Waals surface area contributed by atoms with E-state index in [0.29, 0.717) is 0 Å². The summed E-state index contributed by atoms with van der Waals surface area (Å²) in [5.74, 6) is 0. The molecule has 0 bridgehead atoms. The predicted octanol–water partition coefficient (Wildman–Crippen LogP) is 25.9. The monoisotopic (exact) mass is 1350 g/mol. The fourth-order valence-electron chi connectivity index (χ4n) is 10.1. The number of fused-ring (bicyclic) bond motifs is 9. The van der Waals surface area contributed by atoms with Crippen LogP contribution in [0.15, 0.2) is 156 Å². The highest BCUT2D eigenvalue weighted by atomic mass is 33.4. The molecule has 72 heavy (non-hydrogen) atoms. The van der Waals surface area contributed by atoms with Crippen molar-refractivity contribution in [2.24, 2.45) is 0 Å². The van der Waals surface area contributed by atoms with Crippen molar-refractivity contribution in [2.75, 3.05) is 4.90 Å². The third-order valence-corrected chi connectivity index (χ3v) is 151. The molecule has 8 aromatic rings. The van der Waals surface area contributed by atoms with Gasteiger partial charge in [0.1, 0.15) is 11.2 Å². The van der Waals surface area contributed by atoms with Gasteiger partial charge >= 0.3 is 0 Å². The maximum absolute atomic E-state index is 6.33. The molecule has 2 nitrogen and oxygen atoms in total. The van der Waals surface area contributed by atoms with Crippen LogP contribution < -0.4 is 4.90 Å². The maximum atomic E-state index is 6.33. The van der Waals surface area contributed by atoms with Gasteiger partial charge in [0.2, 0.25) is 0 Å². The molecule has 2 aliphatic carbocycles. The Bertz CT molecular complexity index is 3090. The van der Waals surface area contributed by atoms with E-state index in [4.69, 9.17) is 4.42 Å². The van der Waals surface area contributed by atoms with Crippen LogP contribution in [0.25, 0.3) is 55.3 Å². The summed E-state index contributed by atoms with van der Waals surface area (Å²) < 4.78 is 6.33. The minimum atomic E-state index is -0.106. The third kappa shape index (κ3) is 12.0. The average Bonchev–Trinajstić information content (AvgIpc) is 3.91. The largest absolute Gasteiger partial charge is 0.456 e. The van der Waals surface area contributed by atoms with Crippen molar-refractivity contribution in [3.8, 4) is 33.4 Å². The van der Waals surface area contributed by atoms with Gasteiger partial charge in [-0.1, -0.05) is 137 Å². The minimum Gasteiger partial charge on any atom is -0.456 e. The fraction of sp³-hybridized carbons (Fsp3) is 0.125. The van der Waals surface area contributed by atoms with Crippen molar-refractivity contribution in [3.63, 3.8) is 0 Å². The molecule has 0 saturated heterocycles. The van der Waals surface area contributed by atoms with E-state index in [-0.39, 0.29) is 80.7 Å². The van der Waals surface area contributed by atoms with Gasteiger partial charge in [0.05, 0.1) is 11.4 Å². The molecule has 7 aromatic carbocycles. The molecule has 1 heterocycles. The lowest BCUT2D eigenvalue weighted by Gasteiger charge is -2.47. The van der Waals surface area contributed by atoms with Gasteiger partial charge in [-0.15, -0.1) is 107 Å². The Kier molecular flexibility index (Phi) is 21.4. The molecule has 12 unspecified atom stereocenters. The van der Waals surface area contributed by atoms with E-state index < -0.39 is 0 Å². The van der Waals surface area contributed by atoms with Gasteiger partial charge in [0.25, 0.3) is 0 Å². The molecule has 0 amide bonds. The predicted molar refractivity (Wildman–Crippen MR) is 395 cm³/mol. The lowest BCUT2D eigenvalue weighted by molar-refractivity contribution is 0.660. The molecule has 12 atom stereocenters. The molecule has 24 heteroatoms. The first-order valence-electron chi connectivity index (χ1n) is 22.5. The number of hydrogen-bond donors (Lipinski definition) is 0. The van der Waals surface area contributed by atoms with Gasteiger partial charge in [0, 0.05) is 38.4 Å². The number of nitrogens with zero attached hydrogens (tertiary/aromatic N) is 1. The number of para-hydroxylation sites is 1. The molecular formula is C48H61NOP22. The topological polar surface area (TPSA) is 16.4 Å². The van der Waals surface area contributed by atoms with Gasteiger partial charge < -0.3 is 9.32 Å². The Balaban J connectivity index is 0.000000248. The fourth-order valence-corrected chi connectivity index (χ4v) is 283.